The van der Waals surface area contributed by atoms with Crippen molar-refractivity contribution in [2.75, 3.05) is 5.73 Å². The summed E-state index contributed by atoms with van der Waals surface area (Å²) >= 11 is 0. The predicted octanol–water partition coefficient (Wildman–Crippen LogP) is 4.73. The third-order valence-electron chi connectivity index (χ3n) is 4.52. The van der Waals surface area contributed by atoms with Crippen LogP contribution in [0.3, 0.4) is 0 Å². The van der Waals surface area contributed by atoms with Gasteiger partial charge in [-0.15, -0.1) is 0 Å². The number of rotatable bonds is 5. The first kappa shape index (κ1) is 16.1. The normalized spacial score (nSPS) is 11.1. The van der Waals surface area contributed by atoms with Crippen LogP contribution in [0.1, 0.15) is 37.2 Å². The summed E-state index contributed by atoms with van der Waals surface area (Å²) in [5.41, 5.74) is 9.86. The van der Waals surface area contributed by atoms with Gasteiger partial charge in [-0.3, -0.25) is 0 Å². The molecule has 2 aromatic carbocycles. The lowest BCUT2D eigenvalue weighted by Crippen LogP contribution is -2.09. The standard InChI is InChI=1S/C21H23N3/c1-15(2)10-11-21-20(23)12-18(13-22)24(21)14-17-8-5-7-16-6-3-4-9-19(16)17/h3-9,12,15H,10-11,14,23H2,1-2H3. The summed E-state index contributed by atoms with van der Waals surface area (Å²) in [5, 5.41) is 11.9. The van der Waals surface area contributed by atoms with E-state index < -0.39 is 0 Å². The van der Waals surface area contributed by atoms with Crippen LogP contribution in [0.15, 0.2) is 48.5 Å². The van der Waals surface area contributed by atoms with Gasteiger partial charge in [0.1, 0.15) is 11.8 Å². The van der Waals surface area contributed by atoms with Gasteiger partial charge in [0.15, 0.2) is 0 Å². The molecule has 3 nitrogen and oxygen atoms in total. The average Bonchev–Trinajstić information content (AvgIpc) is 2.88. The van der Waals surface area contributed by atoms with Crippen LogP contribution in [-0.4, -0.2) is 4.57 Å². The van der Waals surface area contributed by atoms with Crippen molar-refractivity contribution < 1.29 is 0 Å². The predicted molar refractivity (Wildman–Crippen MR) is 99.8 cm³/mol. The Balaban J connectivity index is 2.04. The summed E-state index contributed by atoms with van der Waals surface area (Å²) in [6.07, 6.45) is 1.96. The highest BCUT2D eigenvalue weighted by molar-refractivity contribution is 5.85. The molecule has 2 N–H and O–H groups in total. The van der Waals surface area contributed by atoms with Gasteiger partial charge in [-0.1, -0.05) is 56.3 Å². The van der Waals surface area contributed by atoms with Crippen molar-refractivity contribution in [2.45, 2.75) is 33.2 Å². The molecule has 0 bridgehead atoms. The molecule has 0 radical (unpaired) electrons. The van der Waals surface area contributed by atoms with Crippen molar-refractivity contribution in [3.05, 3.63) is 65.5 Å². The van der Waals surface area contributed by atoms with Crippen LogP contribution >= 0.6 is 0 Å². The molecule has 0 amide bonds. The molecule has 0 aliphatic carbocycles. The van der Waals surface area contributed by atoms with E-state index in [0.29, 0.717) is 18.2 Å². The monoisotopic (exact) mass is 317 g/mol. The van der Waals surface area contributed by atoms with Crippen LogP contribution in [0, 0.1) is 17.2 Å². The number of benzene rings is 2. The van der Waals surface area contributed by atoms with Gasteiger partial charge in [0.25, 0.3) is 0 Å². The highest BCUT2D eigenvalue weighted by Gasteiger charge is 2.14. The van der Waals surface area contributed by atoms with Crippen molar-refractivity contribution in [2.24, 2.45) is 5.92 Å². The smallest absolute Gasteiger partial charge is 0.122 e. The Kier molecular flexibility index (Phi) is 4.57. The van der Waals surface area contributed by atoms with Crippen LogP contribution in [-0.2, 0) is 13.0 Å². The Bertz CT molecular complexity index is 892. The lowest BCUT2D eigenvalue weighted by Gasteiger charge is -2.14. The van der Waals surface area contributed by atoms with E-state index in [4.69, 9.17) is 5.73 Å². The molecular weight excluding hydrogens is 294 g/mol. The molecule has 0 fully saturated rings. The quantitative estimate of drug-likeness (QED) is 0.739. The lowest BCUT2D eigenvalue weighted by molar-refractivity contribution is 0.569. The van der Waals surface area contributed by atoms with E-state index in [1.807, 2.05) is 0 Å². The van der Waals surface area contributed by atoms with E-state index in [1.165, 1.54) is 16.3 Å². The molecule has 0 saturated heterocycles. The number of nitrogen functional groups attached to an aromatic ring is 1. The number of nitrogens with zero attached hydrogens (tertiary/aromatic N) is 2. The minimum atomic E-state index is 0.607. The van der Waals surface area contributed by atoms with Gasteiger partial charge >= 0.3 is 0 Å². The Morgan fingerprint density at radius 1 is 1.12 bits per heavy atom. The molecule has 0 aliphatic heterocycles. The molecular formula is C21H23N3. The average molecular weight is 317 g/mol. The van der Waals surface area contributed by atoms with Crippen LogP contribution in [0.2, 0.25) is 0 Å². The second-order valence-corrected chi connectivity index (χ2v) is 6.70. The van der Waals surface area contributed by atoms with E-state index in [2.05, 4.69) is 66.9 Å². The van der Waals surface area contributed by atoms with Gasteiger partial charge in [0.2, 0.25) is 0 Å². The first-order chi connectivity index (χ1) is 11.6. The fourth-order valence-electron chi connectivity index (χ4n) is 3.19. The van der Waals surface area contributed by atoms with Gasteiger partial charge in [-0.2, -0.15) is 5.26 Å². The summed E-state index contributed by atoms with van der Waals surface area (Å²) < 4.78 is 2.08. The maximum atomic E-state index is 9.50. The second-order valence-electron chi connectivity index (χ2n) is 6.70. The molecule has 24 heavy (non-hydrogen) atoms. The van der Waals surface area contributed by atoms with Crippen LogP contribution in [0.25, 0.3) is 10.8 Å². The van der Waals surface area contributed by atoms with Gasteiger partial charge in [0, 0.05) is 12.2 Å². The topological polar surface area (TPSA) is 54.7 Å². The van der Waals surface area contributed by atoms with Crippen LogP contribution in [0.5, 0.6) is 0 Å². The molecule has 0 spiro atoms. The zero-order valence-electron chi connectivity index (χ0n) is 14.3. The summed E-state index contributed by atoms with van der Waals surface area (Å²) in [6.45, 7) is 5.09. The minimum absolute atomic E-state index is 0.607. The third kappa shape index (κ3) is 3.14. The number of anilines is 1. The largest absolute Gasteiger partial charge is 0.397 e. The van der Waals surface area contributed by atoms with E-state index >= 15 is 0 Å². The highest BCUT2D eigenvalue weighted by Crippen LogP contribution is 2.25. The van der Waals surface area contributed by atoms with Crippen molar-refractivity contribution in [1.29, 1.82) is 5.26 Å². The van der Waals surface area contributed by atoms with Crippen molar-refractivity contribution in [1.82, 2.24) is 4.57 Å². The Morgan fingerprint density at radius 2 is 1.88 bits per heavy atom. The van der Waals surface area contributed by atoms with Gasteiger partial charge < -0.3 is 10.3 Å². The van der Waals surface area contributed by atoms with Crippen LogP contribution < -0.4 is 5.73 Å². The van der Waals surface area contributed by atoms with E-state index in [0.717, 1.165) is 24.2 Å². The number of hydrogen-bond acceptors (Lipinski definition) is 2. The fourth-order valence-corrected chi connectivity index (χ4v) is 3.19. The molecule has 0 saturated carbocycles. The fraction of sp³-hybridized carbons (Fsp3) is 0.286. The summed E-state index contributed by atoms with van der Waals surface area (Å²) in [7, 11) is 0. The van der Waals surface area contributed by atoms with Crippen molar-refractivity contribution in [3.8, 4) is 6.07 Å². The first-order valence-corrected chi connectivity index (χ1v) is 8.44. The minimum Gasteiger partial charge on any atom is -0.397 e. The molecule has 122 valence electrons. The summed E-state index contributed by atoms with van der Waals surface area (Å²) in [4.78, 5) is 0. The second kappa shape index (κ2) is 6.80. The SMILES string of the molecule is CC(C)CCc1c(N)cc(C#N)n1Cc1cccc2ccccc12. The molecule has 1 heterocycles. The van der Waals surface area contributed by atoms with E-state index in [9.17, 15) is 5.26 Å². The molecule has 3 rings (SSSR count). The zero-order valence-corrected chi connectivity index (χ0v) is 14.3. The Labute approximate surface area is 143 Å². The number of fused-ring (bicyclic) bond motifs is 1. The Hall–Kier alpha value is -2.73. The molecule has 3 aromatic rings. The van der Waals surface area contributed by atoms with Crippen molar-refractivity contribution in [3.63, 3.8) is 0 Å². The molecule has 1 aromatic heterocycles. The maximum Gasteiger partial charge on any atom is 0.122 e. The zero-order chi connectivity index (χ0) is 17.1. The number of nitriles is 1. The van der Waals surface area contributed by atoms with Gasteiger partial charge in [0.05, 0.1) is 5.69 Å². The number of nitrogens with two attached hydrogens (primary N) is 1. The summed E-state index contributed by atoms with van der Waals surface area (Å²) in [6, 6.07) is 18.8. The van der Waals surface area contributed by atoms with Crippen LogP contribution in [0.4, 0.5) is 5.69 Å². The third-order valence-corrected chi connectivity index (χ3v) is 4.52. The van der Waals surface area contributed by atoms with E-state index in [-0.39, 0.29) is 0 Å². The van der Waals surface area contributed by atoms with Gasteiger partial charge in [-0.05, 0) is 41.2 Å². The Morgan fingerprint density at radius 3 is 2.62 bits per heavy atom. The number of hydrogen-bond donors (Lipinski definition) is 1. The summed E-state index contributed by atoms with van der Waals surface area (Å²) in [5.74, 6) is 0.607. The van der Waals surface area contributed by atoms with Crippen molar-refractivity contribution >= 4 is 16.5 Å². The van der Waals surface area contributed by atoms with Gasteiger partial charge in [-0.25, -0.2) is 0 Å². The van der Waals surface area contributed by atoms with E-state index in [1.54, 1.807) is 6.07 Å². The molecule has 3 heteroatoms. The highest BCUT2D eigenvalue weighted by atomic mass is 15.0. The first-order valence-electron chi connectivity index (χ1n) is 8.44. The molecule has 0 atom stereocenters. The number of aromatic nitrogens is 1. The molecule has 0 aliphatic rings. The lowest BCUT2D eigenvalue weighted by atomic mass is 10.0. The maximum absolute atomic E-state index is 9.50. The molecule has 0 unspecified atom stereocenters.